The molecule has 2 saturated heterocycles. The standard InChI is InChI=1S/C16H30N2O2/c17-8-2-11-19-15-3-9-18(10-4-15)14-5-12-20-16(13-14)6-1-7-16/h14-15H,1-13,17H2. The molecule has 1 unspecified atom stereocenters. The van der Waals surface area contributed by atoms with Crippen LogP contribution in [-0.4, -0.2) is 55.5 Å². The second-order valence-electron chi connectivity index (χ2n) is 6.78. The SMILES string of the molecule is NCCCOC1CCN(C2CCOC3(CCC3)C2)CC1. The van der Waals surface area contributed by atoms with E-state index < -0.39 is 0 Å². The highest BCUT2D eigenvalue weighted by molar-refractivity contribution is 4.97. The third-order valence-electron chi connectivity index (χ3n) is 5.43. The van der Waals surface area contributed by atoms with Gasteiger partial charge in [-0.25, -0.2) is 0 Å². The Morgan fingerprint density at radius 3 is 2.65 bits per heavy atom. The number of rotatable bonds is 5. The molecule has 2 heterocycles. The molecule has 1 atom stereocenters. The van der Waals surface area contributed by atoms with E-state index in [9.17, 15) is 0 Å². The Balaban J connectivity index is 1.41. The van der Waals surface area contributed by atoms with Gasteiger partial charge in [0.2, 0.25) is 0 Å². The molecule has 1 saturated carbocycles. The second-order valence-corrected chi connectivity index (χ2v) is 6.78. The quantitative estimate of drug-likeness (QED) is 0.783. The van der Waals surface area contributed by atoms with Gasteiger partial charge in [0.05, 0.1) is 11.7 Å². The average Bonchev–Trinajstić information content (AvgIpc) is 2.47. The highest BCUT2D eigenvalue weighted by atomic mass is 16.5. The summed E-state index contributed by atoms with van der Waals surface area (Å²) in [5.41, 5.74) is 5.78. The van der Waals surface area contributed by atoms with Gasteiger partial charge in [0, 0.05) is 32.3 Å². The summed E-state index contributed by atoms with van der Waals surface area (Å²) in [4.78, 5) is 2.70. The lowest BCUT2D eigenvalue weighted by atomic mass is 9.73. The molecule has 116 valence electrons. The Kier molecular flexibility index (Phi) is 4.97. The summed E-state index contributed by atoms with van der Waals surface area (Å²) in [6.45, 7) is 4.95. The van der Waals surface area contributed by atoms with Crippen molar-refractivity contribution in [2.45, 2.75) is 69.1 Å². The molecule has 0 aromatic carbocycles. The van der Waals surface area contributed by atoms with Crippen LogP contribution in [0.2, 0.25) is 0 Å². The summed E-state index contributed by atoms with van der Waals surface area (Å²) in [7, 11) is 0. The number of nitrogens with two attached hydrogens (primary N) is 1. The lowest BCUT2D eigenvalue weighted by Gasteiger charge is -2.50. The van der Waals surface area contributed by atoms with E-state index in [1.807, 2.05) is 0 Å². The van der Waals surface area contributed by atoms with Crippen LogP contribution in [0.5, 0.6) is 0 Å². The van der Waals surface area contributed by atoms with Crippen LogP contribution in [0.3, 0.4) is 0 Å². The number of hydrogen-bond acceptors (Lipinski definition) is 4. The Morgan fingerprint density at radius 2 is 2.00 bits per heavy atom. The summed E-state index contributed by atoms with van der Waals surface area (Å²) >= 11 is 0. The van der Waals surface area contributed by atoms with Crippen LogP contribution in [0.1, 0.15) is 51.4 Å². The van der Waals surface area contributed by atoms with E-state index in [1.54, 1.807) is 0 Å². The molecular formula is C16H30N2O2. The van der Waals surface area contributed by atoms with Crippen molar-refractivity contribution in [3.8, 4) is 0 Å². The van der Waals surface area contributed by atoms with Crippen molar-refractivity contribution >= 4 is 0 Å². The largest absolute Gasteiger partial charge is 0.378 e. The highest BCUT2D eigenvalue weighted by Crippen LogP contribution is 2.43. The van der Waals surface area contributed by atoms with Crippen LogP contribution in [0.25, 0.3) is 0 Å². The Labute approximate surface area is 123 Å². The minimum atomic E-state index is 0.275. The van der Waals surface area contributed by atoms with Crippen molar-refractivity contribution in [3.05, 3.63) is 0 Å². The first kappa shape index (κ1) is 14.8. The van der Waals surface area contributed by atoms with Crippen molar-refractivity contribution in [2.24, 2.45) is 5.73 Å². The van der Waals surface area contributed by atoms with E-state index in [2.05, 4.69) is 4.90 Å². The minimum absolute atomic E-state index is 0.275. The smallest absolute Gasteiger partial charge is 0.0697 e. The van der Waals surface area contributed by atoms with Crippen molar-refractivity contribution in [3.63, 3.8) is 0 Å². The summed E-state index contributed by atoms with van der Waals surface area (Å²) in [5, 5.41) is 0. The minimum Gasteiger partial charge on any atom is -0.378 e. The zero-order chi connectivity index (χ0) is 13.8. The van der Waals surface area contributed by atoms with Crippen molar-refractivity contribution < 1.29 is 9.47 Å². The summed E-state index contributed by atoms with van der Waals surface area (Å²) in [6, 6.07) is 0.758. The van der Waals surface area contributed by atoms with Gasteiger partial charge in [-0.15, -0.1) is 0 Å². The molecule has 0 bridgehead atoms. The molecule has 20 heavy (non-hydrogen) atoms. The lowest BCUT2D eigenvalue weighted by Crippen LogP contribution is -2.53. The third kappa shape index (κ3) is 3.35. The van der Waals surface area contributed by atoms with Gasteiger partial charge < -0.3 is 15.2 Å². The molecule has 1 aliphatic carbocycles. The molecule has 4 nitrogen and oxygen atoms in total. The van der Waals surface area contributed by atoms with Gasteiger partial charge in [0.25, 0.3) is 0 Å². The Morgan fingerprint density at radius 1 is 1.20 bits per heavy atom. The lowest BCUT2D eigenvalue weighted by molar-refractivity contribution is -0.152. The van der Waals surface area contributed by atoms with Gasteiger partial charge >= 0.3 is 0 Å². The molecule has 3 fully saturated rings. The summed E-state index contributed by atoms with van der Waals surface area (Å²) < 4.78 is 11.9. The molecule has 0 radical (unpaired) electrons. The second kappa shape index (κ2) is 6.73. The predicted molar refractivity (Wildman–Crippen MR) is 79.8 cm³/mol. The van der Waals surface area contributed by atoms with E-state index in [1.165, 1.54) is 58.0 Å². The van der Waals surface area contributed by atoms with Gasteiger partial charge in [-0.2, -0.15) is 0 Å². The van der Waals surface area contributed by atoms with Gasteiger partial charge in [-0.1, -0.05) is 0 Å². The molecule has 0 aromatic heterocycles. The van der Waals surface area contributed by atoms with E-state index >= 15 is 0 Å². The average molecular weight is 282 g/mol. The molecular weight excluding hydrogens is 252 g/mol. The topological polar surface area (TPSA) is 47.7 Å². The molecule has 2 aliphatic heterocycles. The van der Waals surface area contributed by atoms with E-state index in [0.29, 0.717) is 6.10 Å². The Bertz CT molecular complexity index is 299. The summed E-state index contributed by atoms with van der Waals surface area (Å²) in [5.74, 6) is 0. The number of hydrogen-bond donors (Lipinski definition) is 1. The number of likely N-dealkylation sites (tertiary alicyclic amines) is 1. The first-order valence-corrected chi connectivity index (χ1v) is 8.51. The van der Waals surface area contributed by atoms with Crippen LogP contribution in [0.15, 0.2) is 0 Å². The van der Waals surface area contributed by atoms with E-state index in [4.69, 9.17) is 15.2 Å². The maximum absolute atomic E-state index is 6.05. The van der Waals surface area contributed by atoms with Crippen LogP contribution in [-0.2, 0) is 9.47 Å². The number of piperidine rings is 1. The van der Waals surface area contributed by atoms with Gasteiger partial charge in [-0.3, -0.25) is 4.90 Å². The van der Waals surface area contributed by atoms with Crippen LogP contribution >= 0.6 is 0 Å². The molecule has 1 spiro atoms. The fraction of sp³-hybridized carbons (Fsp3) is 1.00. The fourth-order valence-electron chi connectivity index (χ4n) is 3.97. The molecule has 4 heteroatoms. The molecule has 2 N–H and O–H groups in total. The summed E-state index contributed by atoms with van der Waals surface area (Å²) in [6.07, 6.45) is 10.3. The van der Waals surface area contributed by atoms with Crippen LogP contribution in [0.4, 0.5) is 0 Å². The number of nitrogens with zero attached hydrogens (tertiary/aromatic N) is 1. The molecule has 3 aliphatic rings. The van der Waals surface area contributed by atoms with Gasteiger partial charge in [-0.05, 0) is 57.9 Å². The maximum Gasteiger partial charge on any atom is 0.0697 e. The van der Waals surface area contributed by atoms with Crippen molar-refractivity contribution in [1.82, 2.24) is 4.90 Å². The molecule has 3 rings (SSSR count). The van der Waals surface area contributed by atoms with Gasteiger partial charge in [0.15, 0.2) is 0 Å². The van der Waals surface area contributed by atoms with Crippen LogP contribution in [0, 0.1) is 0 Å². The monoisotopic (exact) mass is 282 g/mol. The molecule has 0 aromatic rings. The van der Waals surface area contributed by atoms with E-state index in [-0.39, 0.29) is 5.60 Å². The van der Waals surface area contributed by atoms with Crippen molar-refractivity contribution in [1.29, 1.82) is 0 Å². The Hall–Kier alpha value is -0.160. The molecule has 0 amide bonds. The van der Waals surface area contributed by atoms with E-state index in [0.717, 1.165) is 32.2 Å². The van der Waals surface area contributed by atoms with Crippen molar-refractivity contribution in [2.75, 3.05) is 32.8 Å². The maximum atomic E-state index is 6.05. The normalized spacial score (nSPS) is 31.4. The van der Waals surface area contributed by atoms with Crippen LogP contribution < -0.4 is 5.73 Å². The first-order chi connectivity index (χ1) is 9.81. The third-order valence-corrected chi connectivity index (χ3v) is 5.43. The zero-order valence-corrected chi connectivity index (χ0v) is 12.7. The zero-order valence-electron chi connectivity index (χ0n) is 12.7. The first-order valence-electron chi connectivity index (χ1n) is 8.51. The predicted octanol–water partition coefficient (Wildman–Crippen LogP) is 1.92. The van der Waals surface area contributed by atoms with Gasteiger partial charge in [0.1, 0.15) is 0 Å². The fourth-order valence-corrected chi connectivity index (χ4v) is 3.97. The highest BCUT2D eigenvalue weighted by Gasteiger charge is 2.44. The number of ether oxygens (including phenoxy) is 2.